The van der Waals surface area contributed by atoms with E-state index in [1.165, 1.54) is 18.2 Å². The van der Waals surface area contributed by atoms with Crippen LogP contribution >= 0.6 is 0 Å². The second kappa shape index (κ2) is 6.33. The molecule has 1 aromatic heterocycles. The zero-order valence-electron chi connectivity index (χ0n) is 13.5. The molecule has 1 saturated heterocycles. The van der Waals surface area contributed by atoms with Gasteiger partial charge in [0.05, 0.1) is 10.5 Å². The number of sulfone groups is 1. The SMILES string of the molecule is CS(=O)(=O)c1cccc(-c2cc(C(F)(F)F)cnc2N2CCCC2)c1. The van der Waals surface area contributed by atoms with Crippen molar-refractivity contribution in [2.75, 3.05) is 24.2 Å². The van der Waals surface area contributed by atoms with Crippen LogP contribution in [0.15, 0.2) is 41.4 Å². The van der Waals surface area contributed by atoms with Crippen LogP contribution in [0.5, 0.6) is 0 Å². The fraction of sp³-hybridized carbons (Fsp3) is 0.353. The van der Waals surface area contributed by atoms with Gasteiger partial charge in [-0.3, -0.25) is 0 Å². The molecule has 1 aliphatic heterocycles. The minimum Gasteiger partial charge on any atom is -0.356 e. The van der Waals surface area contributed by atoms with Crippen molar-refractivity contribution in [1.29, 1.82) is 0 Å². The third kappa shape index (κ3) is 3.78. The molecule has 0 unspecified atom stereocenters. The van der Waals surface area contributed by atoms with Gasteiger partial charge in [-0.15, -0.1) is 0 Å². The Morgan fingerprint density at radius 1 is 1.12 bits per heavy atom. The number of benzene rings is 1. The van der Waals surface area contributed by atoms with Crippen LogP contribution in [0.2, 0.25) is 0 Å². The maximum absolute atomic E-state index is 13.1. The van der Waals surface area contributed by atoms with E-state index < -0.39 is 21.6 Å². The predicted octanol–water partition coefficient (Wildman–Crippen LogP) is 3.77. The lowest BCUT2D eigenvalue weighted by molar-refractivity contribution is -0.137. The fourth-order valence-corrected chi connectivity index (χ4v) is 3.57. The first-order chi connectivity index (χ1) is 11.7. The number of halogens is 3. The molecule has 1 aromatic carbocycles. The summed E-state index contributed by atoms with van der Waals surface area (Å²) in [5.41, 5.74) is -0.152. The van der Waals surface area contributed by atoms with Gasteiger partial charge in [-0.2, -0.15) is 13.2 Å². The van der Waals surface area contributed by atoms with Gasteiger partial charge in [0, 0.05) is 31.1 Å². The standard InChI is InChI=1S/C17H17F3N2O2S/c1-25(23,24)14-6-4-5-12(9-14)15-10-13(17(18,19)20)11-21-16(15)22-7-2-3-8-22/h4-6,9-11H,2-3,7-8H2,1H3. The maximum atomic E-state index is 13.1. The zero-order valence-corrected chi connectivity index (χ0v) is 14.4. The van der Waals surface area contributed by atoms with Crippen LogP contribution in [0, 0.1) is 0 Å². The van der Waals surface area contributed by atoms with Gasteiger partial charge >= 0.3 is 6.18 Å². The molecule has 0 radical (unpaired) electrons. The van der Waals surface area contributed by atoms with Crippen molar-refractivity contribution in [1.82, 2.24) is 4.98 Å². The molecule has 0 N–H and O–H groups in total. The van der Waals surface area contributed by atoms with E-state index in [0.717, 1.165) is 44.5 Å². The third-order valence-corrected chi connectivity index (χ3v) is 5.28. The Morgan fingerprint density at radius 2 is 1.80 bits per heavy atom. The number of rotatable bonds is 3. The lowest BCUT2D eigenvalue weighted by atomic mass is 10.0. The Kier molecular flexibility index (Phi) is 4.49. The Bertz CT molecular complexity index is 889. The lowest BCUT2D eigenvalue weighted by Crippen LogP contribution is -2.20. The average Bonchev–Trinajstić information content (AvgIpc) is 3.07. The summed E-state index contributed by atoms with van der Waals surface area (Å²) >= 11 is 0. The van der Waals surface area contributed by atoms with E-state index >= 15 is 0 Å². The van der Waals surface area contributed by atoms with Crippen LogP contribution in [0.1, 0.15) is 18.4 Å². The number of aromatic nitrogens is 1. The minimum atomic E-state index is -4.51. The summed E-state index contributed by atoms with van der Waals surface area (Å²) in [5, 5.41) is 0. The van der Waals surface area contributed by atoms with E-state index in [4.69, 9.17) is 0 Å². The van der Waals surface area contributed by atoms with Crippen LogP contribution < -0.4 is 4.90 Å². The molecule has 1 aliphatic rings. The first kappa shape index (κ1) is 17.7. The molecule has 134 valence electrons. The number of pyridine rings is 1. The monoisotopic (exact) mass is 370 g/mol. The van der Waals surface area contributed by atoms with Gasteiger partial charge in [0.2, 0.25) is 0 Å². The van der Waals surface area contributed by atoms with E-state index in [0.29, 0.717) is 16.9 Å². The molecule has 0 spiro atoms. The van der Waals surface area contributed by atoms with Gasteiger partial charge in [0.1, 0.15) is 5.82 Å². The Labute approximate surface area is 144 Å². The van der Waals surface area contributed by atoms with Gasteiger partial charge in [-0.05, 0) is 36.6 Å². The van der Waals surface area contributed by atoms with E-state index in [1.807, 2.05) is 4.90 Å². The van der Waals surface area contributed by atoms with E-state index in [-0.39, 0.29) is 4.90 Å². The van der Waals surface area contributed by atoms with Crippen LogP contribution in [0.4, 0.5) is 19.0 Å². The fourth-order valence-electron chi connectivity index (χ4n) is 2.90. The number of hydrogen-bond donors (Lipinski definition) is 0. The van der Waals surface area contributed by atoms with Crippen molar-refractivity contribution in [2.45, 2.75) is 23.9 Å². The molecular formula is C17H17F3N2O2S. The molecule has 1 fully saturated rings. The van der Waals surface area contributed by atoms with Crippen LogP contribution in [-0.4, -0.2) is 32.7 Å². The van der Waals surface area contributed by atoms with Gasteiger partial charge < -0.3 is 4.90 Å². The van der Waals surface area contributed by atoms with Crippen molar-refractivity contribution >= 4 is 15.7 Å². The Hall–Kier alpha value is -2.09. The largest absolute Gasteiger partial charge is 0.417 e. The molecule has 3 rings (SSSR count). The van der Waals surface area contributed by atoms with Gasteiger partial charge in [-0.1, -0.05) is 12.1 Å². The summed E-state index contributed by atoms with van der Waals surface area (Å²) in [6.07, 6.45) is -0.716. The quantitative estimate of drug-likeness (QED) is 0.825. The van der Waals surface area contributed by atoms with E-state index in [1.54, 1.807) is 6.07 Å². The van der Waals surface area contributed by atoms with Crippen molar-refractivity contribution < 1.29 is 21.6 Å². The first-order valence-electron chi connectivity index (χ1n) is 7.79. The van der Waals surface area contributed by atoms with Crippen LogP contribution in [0.25, 0.3) is 11.1 Å². The summed E-state index contributed by atoms with van der Waals surface area (Å²) in [4.78, 5) is 6.05. The molecule has 25 heavy (non-hydrogen) atoms. The summed E-state index contributed by atoms with van der Waals surface area (Å²) in [5.74, 6) is 0.455. The third-order valence-electron chi connectivity index (χ3n) is 4.17. The Morgan fingerprint density at radius 3 is 2.40 bits per heavy atom. The van der Waals surface area contributed by atoms with Crippen molar-refractivity contribution in [3.05, 3.63) is 42.1 Å². The average molecular weight is 370 g/mol. The predicted molar refractivity (Wildman–Crippen MR) is 89.2 cm³/mol. The highest BCUT2D eigenvalue weighted by atomic mass is 32.2. The van der Waals surface area contributed by atoms with Crippen molar-refractivity contribution in [3.8, 4) is 11.1 Å². The molecular weight excluding hydrogens is 353 g/mol. The van der Waals surface area contributed by atoms with Crippen LogP contribution in [-0.2, 0) is 16.0 Å². The smallest absolute Gasteiger partial charge is 0.356 e. The highest BCUT2D eigenvalue weighted by molar-refractivity contribution is 7.90. The number of anilines is 1. The summed E-state index contributed by atoms with van der Waals surface area (Å²) in [6, 6.07) is 6.99. The molecule has 2 aromatic rings. The molecule has 0 bridgehead atoms. The van der Waals surface area contributed by atoms with Gasteiger partial charge in [-0.25, -0.2) is 13.4 Å². The topological polar surface area (TPSA) is 50.3 Å². The number of hydrogen-bond acceptors (Lipinski definition) is 4. The molecule has 0 amide bonds. The van der Waals surface area contributed by atoms with E-state index in [9.17, 15) is 21.6 Å². The highest BCUT2D eigenvalue weighted by Crippen LogP contribution is 2.37. The molecule has 0 aliphatic carbocycles. The summed E-state index contributed by atoms with van der Waals surface area (Å²) in [6.45, 7) is 1.44. The normalized spacial score (nSPS) is 15.6. The summed E-state index contributed by atoms with van der Waals surface area (Å²) in [7, 11) is -3.46. The maximum Gasteiger partial charge on any atom is 0.417 e. The van der Waals surface area contributed by atoms with Gasteiger partial charge in [0.25, 0.3) is 0 Å². The molecule has 0 atom stereocenters. The number of nitrogens with zero attached hydrogens (tertiary/aromatic N) is 2. The second-order valence-corrected chi connectivity index (χ2v) is 8.10. The molecule has 2 heterocycles. The zero-order chi connectivity index (χ0) is 18.2. The van der Waals surface area contributed by atoms with Crippen molar-refractivity contribution in [2.24, 2.45) is 0 Å². The second-order valence-electron chi connectivity index (χ2n) is 6.09. The molecule has 4 nitrogen and oxygen atoms in total. The minimum absolute atomic E-state index is 0.0646. The van der Waals surface area contributed by atoms with Crippen LogP contribution in [0.3, 0.4) is 0 Å². The van der Waals surface area contributed by atoms with Gasteiger partial charge in [0.15, 0.2) is 9.84 Å². The lowest BCUT2D eigenvalue weighted by Gasteiger charge is -2.21. The molecule has 0 saturated carbocycles. The first-order valence-corrected chi connectivity index (χ1v) is 9.68. The summed E-state index contributed by atoms with van der Waals surface area (Å²) < 4.78 is 62.9. The number of alkyl halides is 3. The Balaban J connectivity index is 2.18. The van der Waals surface area contributed by atoms with E-state index in [2.05, 4.69) is 4.98 Å². The highest BCUT2D eigenvalue weighted by Gasteiger charge is 2.32. The van der Waals surface area contributed by atoms with Crippen molar-refractivity contribution in [3.63, 3.8) is 0 Å². The molecule has 8 heteroatoms.